The fourth-order valence-electron chi connectivity index (χ4n) is 8.67. The topological polar surface area (TPSA) is 74.6 Å². The van der Waals surface area contributed by atoms with Gasteiger partial charge in [-0.2, -0.15) is 8.42 Å². The summed E-state index contributed by atoms with van der Waals surface area (Å²) in [6.07, 6.45) is 17.9. The minimum absolute atomic E-state index is 0.0766. The molecule has 192 valence electrons. The predicted molar refractivity (Wildman–Crippen MR) is 137 cm³/mol. The third-order valence-corrected chi connectivity index (χ3v) is 10.3. The third-order valence-electron chi connectivity index (χ3n) is 10.3. The zero-order chi connectivity index (χ0) is 24.6. The van der Waals surface area contributed by atoms with Gasteiger partial charge < -0.3 is 5.11 Å². The van der Waals surface area contributed by atoms with Crippen LogP contribution in [0.3, 0.4) is 0 Å². The maximum atomic E-state index is 10.2. The van der Waals surface area contributed by atoms with Crippen molar-refractivity contribution >= 4 is 10.1 Å². The van der Waals surface area contributed by atoms with Crippen LogP contribution in [0.2, 0.25) is 0 Å². The van der Waals surface area contributed by atoms with Gasteiger partial charge in [0.1, 0.15) is 0 Å². The summed E-state index contributed by atoms with van der Waals surface area (Å²) < 4.78 is 25.9. The first-order valence-electron chi connectivity index (χ1n) is 13.6. The lowest BCUT2D eigenvalue weighted by atomic mass is 9.47. The molecule has 0 spiro atoms. The van der Waals surface area contributed by atoms with E-state index >= 15 is 0 Å². The molecule has 2 N–H and O–H groups in total. The largest absolute Gasteiger partial charge is 0.393 e. The van der Waals surface area contributed by atoms with E-state index in [2.05, 4.69) is 40.7 Å². The highest BCUT2D eigenvalue weighted by Crippen LogP contribution is 2.67. The lowest BCUT2D eigenvalue weighted by Crippen LogP contribution is -2.50. The van der Waals surface area contributed by atoms with Gasteiger partial charge in [0, 0.05) is 0 Å². The Morgan fingerprint density at radius 3 is 2.33 bits per heavy atom. The molecule has 1 unspecified atom stereocenters. The molecule has 33 heavy (non-hydrogen) atoms. The van der Waals surface area contributed by atoms with Crippen LogP contribution in [0, 0.1) is 46.3 Å². The fraction of sp³-hybridized carbons (Fsp3) is 0.929. The van der Waals surface area contributed by atoms with Crippen molar-refractivity contribution in [3.05, 3.63) is 11.6 Å². The van der Waals surface area contributed by atoms with Crippen LogP contribution >= 0.6 is 0 Å². The Hall–Kier alpha value is -0.390. The van der Waals surface area contributed by atoms with Crippen molar-refractivity contribution < 1.29 is 18.1 Å². The molecule has 3 fully saturated rings. The second-order valence-electron chi connectivity index (χ2n) is 12.9. The second-order valence-corrected chi connectivity index (χ2v) is 14.4. The molecule has 4 rings (SSSR count). The summed E-state index contributed by atoms with van der Waals surface area (Å²) in [4.78, 5) is 0. The molecule has 0 bridgehead atoms. The number of hydrogen-bond acceptors (Lipinski definition) is 3. The smallest absolute Gasteiger partial charge is 0.261 e. The van der Waals surface area contributed by atoms with Gasteiger partial charge in [-0.3, -0.25) is 4.55 Å². The molecule has 4 aliphatic rings. The van der Waals surface area contributed by atoms with E-state index in [1.807, 2.05) is 0 Å². The van der Waals surface area contributed by atoms with Crippen molar-refractivity contribution in [3.63, 3.8) is 0 Å². The summed E-state index contributed by atoms with van der Waals surface area (Å²) in [5.41, 5.74) is 2.60. The van der Waals surface area contributed by atoms with Crippen LogP contribution in [0.25, 0.3) is 0 Å². The first-order chi connectivity index (χ1) is 15.3. The molecular weight excluding hydrogens is 432 g/mol. The number of aliphatic hydroxyl groups is 1. The van der Waals surface area contributed by atoms with E-state index in [0.29, 0.717) is 17.1 Å². The second kappa shape index (κ2) is 10.3. The van der Waals surface area contributed by atoms with Gasteiger partial charge in [-0.05, 0) is 97.7 Å². The van der Waals surface area contributed by atoms with E-state index in [0.717, 1.165) is 48.3 Å². The van der Waals surface area contributed by atoms with E-state index in [4.69, 9.17) is 4.55 Å². The predicted octanol–water partition coefficient (Wildman–Crippen LogP) is 6.89. The minimum atomic E-state index is -3.67. The molecule has 0 heterocycles. The molecule has 0 saturated heterocycles. The van der Waals surface area contributed by atoms with Gasteiger partial charge in [-0.15, -0.1) is 0 Å². The Morgan fingerprint density at radius 2 is 1.70 bits per heavy atom. The average Bonchev–Trinajstić information content (AvgIpc) is 3.04. The van der Waals surface area contributed by atoms with Crippen molar-refractivity contribution in [1.82, 2.24) is 0 Å². The van der Waals surface area contributed by atoms with E-state index < -0.39 is 10.1 Å². The lowest BCUT2D eigenvalue weighted by Gasteiger charge is -2.58. The monoisotopic (exact) mass is 482 g/mol. The van der Waals surface area contributed by atoms with E-state index in [1.54, 1.807) is 5.57 Å². The van der Waals surface area contributed by atoms with Crippen molar-refractivity contribution in [2.45, 2.75) is 111 Å². The molecule has 0 aromatic rings. The molecule has 5 heteroatoms. The van der Waals surface area contributed by atoms with Crippen molar-refractivity contribution in [1.29, 1.82) is 0 Å². The summed E-state index contributed by atoms with van der Waals surface area (Å²) in [5, 5.41) is 10.2. The van der Waals surface area contributed by atoms with Gasteiger partial charge in [-0.25, -0.2) is 0 Å². The molecular formula is C28H50O4S. The van der Waals surface area contributed by atoms with E-state index in [-0.39, 0.29) is 6.10 Å². The normalized spacial score (nSPS) is 41.2. The number of fused-ring (bicyclic) bond motifs is 5. The van der Waals surface area contributed by atoms with Crippen LogP contribution in [0.4, 0.5) is 0 Å². The molecule has 0 aromatic heterocycles. The van der Waals surface area contributed by atoms with Crippen LogP contribution in [0.15, 0.2) is 11.6 Å². The standard InChI is InChI=1S/C27H46O.CH4O3S/c1-18(2)7-6-8-19(3)23-11-12-24-22-10-9-20-17-21(28)13-15-26(20,4)25(22)14-16-27(23,24)5;1-5(2,3)4/h9,18-19,21-25,28H,6-8,10-17H2,1-5H3;1H3,(H,2,3,4)/t19?,21-,22-,23+,24-,25-,26-,27+;/m0./s1. The minimum Gasteiger partial charge on any atom is -0.393 e. The number of allylic oxidation sites excluding steroid dienone is 1. The van der Waals surface area contributed by atoms with Crippen LogP contribution in [-0.2, 0) is 10.1 Å². The molecule has 0 aliphatic heterocycles. The van der Waals surface area contributed by atoms with Crippen LogP contribution in [0.5, 0.6) is 0 Å². The highest BCUT2D eigenvalue weighted by Gasteiger charge is 2.59. The number of aliphatic hydroxyl groups excluding tert-OH is 1. The molecule has 0 amide bonds. The molecule has 4 nitrogen and oxygen atoms in total. The first-order valence-corrected chi connectivity index (χ1v) is 15.4. The number of rotatable bonds is 5. The zero-order valence-corrected chi connectivity index (χ0v) is 22.8. The summed E-state index contributed by atoms with van der Waals surface area (Å²) in [6.45, 7) is 12.6. The van der Waals surface area contributed by atoms with Gasteiger partial charge in [-0.1, -0.05) is 65.5 Å². The zero-order valence-electron chi connectivity index (χ0n) is 22.0. The number of hydrogen-bond donors (Lipinski definition) is 2. The summed E-state index contributed by atoms with van der Waals surface area (Å²) in [7, 11) is -3.67. The summed E-state index contributed by atoms with van der Waals surface area (Å²) >= 11 is 0. The Labute approximate surface area is 203 Å². The van der Waals surface area contributed by atoms with E-state index in [1.165, 1.54) is 57.8 Å². The Balaban J connectivity index is 0.000000555. The van der Waals surface area contributed by atoms with Gasteiger partial charge in [0.25, 0.3) is 10.1 Å². The van der Waals surface area contributed by atoms with E-state index in [9.17, 15) is 13.5 Å². The van der Waals surface area contributed by atoms with Crippen molar-refractivity contribution in [2.24, 2.45) is 46.3 Å². The average molecular weight is 483 g/mol. The summed E-state index contributed by atoms with van der Waals surface area (Å²) in [5.74, 6) is 5.46. The fourth-order valence-corrected chi connectivity index (χ4v) is 8.67. The Bertz CT molecular complexity index is 795. The van der Waals surface area contributed by atoms with Gasteiger partial charge in [0.2, 0.25) is 0 Å². The quantitative estimate of drug-likeness (QED) is 0.330. The maximum Gasteiger partial charge on any atom is 0.261 e. The first kappa shape index (κ1) is 27.2. The van der Waals surface area contributed by atoms with Crippen molar-refractivity contribution in [3.8, 4) is 0 Å². The maximum absolute atomic E-state index is 10.2. The Morgan fingerprint density at radius 1 is 1.03 bits per heavy atom. The Kier molecular flexibility index (Phi) is 8.49. The highest BCUT2D eigenvalue weighted by molar-refractivity contribution is 7.85. The molecule has 4 aliphatic carbocycles. The van der Waals surface area contributed by atoms with Gasteiger partial charge in [0.15, 0.2) is 0 Å². The van der Waals surface area contributed by atoms with Gasteiger partial charge in [0.05, 0.1) is 12.4 Å². The molecule has 8 atom stereocenters. The van der Waals surface area contributed by atoms with Gasteiger partial charge >= 0.3 is 0 Å². The van der Waals surface area contributed by atoms with Crippen molar-refractivity contribution in [2.75, 3.05) is 6.26 Å². The molecule has 0 aromatic carbocycles. The lowest BCUT2D eigenvalue weighted by molar-refractivity contribution is -0.0573. The van der Waals surface area contributed by atoms with Crippen LogP contribution < -0.4 is 0 Å². The third kappa shape index (κ3) is 6.06. The van der Waals surface area contributed by atoms with Crippen LogP contribution in [-0.4, -0.2) is 30.4 Å². The molecule has 0 radical (unpaired) electrons. The highest BCUT2D eigenvalue weighted by atomic mass is 32.2. The SMILES string of the molecule is CC(C)CCCC(C)[C@H]1CC[C@H]2[C@@H]3CC=C4C[C@@H](O)CC[C@]4(C)[C@H]3CC[C@]12C.CS(=O)(=O)O. The summed E-state index contributed by atoms with van der Waals surface area (Å²) in [6, 6.07) is 0. The van der Waals surface area contributed by atoms with Crippen LogP contribution in [0.1, 0.15) is 105 Å². The molecule has 3 saturated carbocycles.